The summed E-state index contributed by atoms with van der Waals surface area (Å²) in [4.78, 5) is 18.3. The van der Waals surface area contributed by atoms with Crippen LogP contribution in [0.1, 0.15) is 30.5 Å². The van der Waals surface area contributed by atoms with Crippen LogP contribution < -0.4 is 5.32 Å². The number of thiophene rings is 1. The molecule has 0 radical (unpaired) electrons. The van der Waals surface area contributed by atoms with Gasteiger partial charge in [0.2, 0.25) is 15.9 Å². The van der Waals surface area contributed by atoms with E-state index in [2.05, 4.69) is 10.3 Å². The normalized spacial score (nSPS) is 15.2. The zero-order valence-electron chi connectivity index (χ0n) is 16.4. The molecule has 0 unspecified atom stereocenters. The Morgan fingerprint density at radius 1 is 1.10 bits per heavy atom. The largest absolute Gasteiger partial charge is 0.352 e. The third-order valence-corrected chi connectivity index (χ3v) is 8.79. The highest BCUT2D eigenvalue weighted by molar-refractivity contribution is 7.89. The standard InChI is InChI=1S/C21H23N3O3S3/c25-20(13-17-15-29-21(23-17)19-8-5-11-28-19)22-14-16-6-4-7-18(12-16)30(26,27)24-9-2-1-3-10-24/h4-8,11-12,15H,1-3,9-10,13-14H2,(H,22,25). The molecule has 1 fully saturated rings. The molecule has 1 saturated heterocycles. The van der Waals surface area contributed by atoms with E-state index < -0.39 is 10.0 Å². The van der Waals surface area contributed by atoms with Crippen molar-refractivity contribution in [1.82, 2.24) is 14.6 Å². The number of hydrogen-bond acceptors (Lipinski definition) is 6. The topological polar surface area (TPSA) is 79.4 Å². The summed E-state index contributed by atoms with van der Waals surface area (Å²) in [5, 5.41) is 7.70. The molecule has 3 aromatic rings. The van der Waals surface area contributed by atoms with Crippen LogP contribution in [-0.4, -0.2) is 36.7 Å². The van der Waals surface area contributed by atoms with E-state index in [0.29, 0.717) is 13.1 Å². The zero-order valence-corrected chi connectivity index (χ0v) is 18.9. The van der Waals surface area contributed by atoms with E-state index in [1.807, 2.05) is 29.0 Å². The van der Waals surface area contributed by atoms with E-state index in [4.69, 9.17) is 0 Å². The molecule has 1 aliphatic heterocycles. The lowest BCUT2D eigenvalue weighted by Crippen LogP contribution is -2.35. The molecule has 9 heteroatoms. The summed E-state index contributed by atoms with van der Waals surface area (Å²) in [6.07, 6.45) is 3.08. The molecule has 158 valence electrons. The molecule has 4 rings (SSSR count). The van der Waals surface area contributed by atoms with Crippen molar-refractivity contribution in [2.75, 3.05) is 13.1 Å². The van der Waals surface area contributed by atoms with Gasteiger partial charge < -0.3 is 5.32 Å². The van der Waals surface area contributed by atoms with E-state index in [0.717, 1.165) is 40.4 Å². The summed E-state index contributed by atoms with van der Waals surface area (Å²) < 4.78 is 27.3. The highest BCUT2D eigenvalue weighted by Gasteiger charge is 2.25. The lowest BCUT2D eigenvalue weighted by atomic mass is 10.2. The maximum Gasteiger partial charge on any atom is 0.243 e. The van der Waals surface area contributed by atoms with Crippen LogP contribution in [0.2, 0.25) is 0 Å². The average Bonchev–Trinajstić information content (AvgIpc) is 3.45. The first-order valence-corrected chi connectivity index (χ1v) is 13.1. The number of carbonyl (C=O) groups excluding carboxylic acids is 1. The summed E-state index contributed by atoms with van der Waals surface area (Å²) in [6, 6.07) is 10.8. The van der Waals surface area contributed by atoms with Gasteiger partial charge in [0.1, 0.15) is 5.01 Å². The minimum atomic E-state index is -3.48. The predicted molar refractivity (Wildman–Crippen MR) is 120 cm³/mol. The first-order chi connectivity index (χ1) is 14.5. The van der Waals surface area contributed by atoms with Gasteiger partial charge in [-0.2, -0.15) is 4.31 Å². The van der Waals surface area contributed by atoms with Crippen molar-refractivity contribution >= 4 is 38.6 Å². The Balaban J connectivity index is 1.36. The van der Waals surface area contributed by atoms with Gasteiger partial charge in [-0.05, 0) is 42.0 Å². The maximum absolute atomic E-state index is 12.9. The van der Waals surface area contributed by atoms with E-state index in [-0.39, 0.29) is 23.8 Å². The SMILES string of the molecule is O=C(Cc1csc(-c2cccs2)n1)NCc1cccc(S(=O)(=O)N2CCCCC2)c1. The minimum Gasteiger partial charge on any atom is -0.352 e. The predicted octanol–water partition coefficient (Wildman–Crippen LogP) is 3.91. The molecule has 0 spiro atoms. The number of rotatable bonds is 7. The van der Waals surface area contributed by atoms with Crippen LogP contribution in [-0.2, 0) is 27.8 Å². The number of nitrogens with zero attached hydrogens (tertiary/aromatic N) is 2. The average molecular weight is 462 g/mol. The summed E-state index contributed by atoms with van der Waals surface area (Å²) in [5.41, 5.74) is 1.50. The van der Waals surface area contributed by atoms with Crippen molar-refractivity contribution in [1.29, 1.82) is 0 Å². The first kappa shape index (κ1) is 21.2. The second-order valence-corrected chi connectivity index (χ2v) is 10.9. The number of carbonyl (C=O) groups is 1. The maximum atomic E-state index is 12.9. The van der Waals surface area contributed by atoms with Crippen molar-refractivity contribution in [2.24, 2.45) is 0 Å². The summed E-state index contributed by atoms with van der Waals surface area (Å²) in [7, 11) is -3.48. The van der Waals surface area contributed by atoms with Gasteiger partial charge in [-0.15, -0.1) is 22.7 Å². The van der Waals surface area contributed by atoms with Crippen molar-refractivity contribution < 1.29 is 13.2 Å². The molecular weight excluding hydrogens is 438 g/mol. The summed E-state index contributed by atoms with van der Waals surface area (Å²) in [5.74, 6) is -0.137. The Labute approximate surface area is 184 Å². The Kier molecular flexibility index (Phi) is 6.62. The molecule has 1 N–H and O–H groups in total. The minimum absolute atomic E-state index is 0.137. The van der Waals surface area contributed by atoms with E-state index in [1.165, 1.54) is 11.3 Å². The molecule has 0 bridgehead atoms. The molecule has 0 saturated carbocycles. The zero-order chi connectivity index (χ0) is 21.0. The van der Waals surface area contributed by atoms with E-state index in [1.54, 1.807) is 33.8 Å². The van der Waals surface area contributed by atoms with Crippen LogP contribution >= 0.6 is 22.7 Å². The smallest absolute Gasteiger partial charge is 0.243 e. The lowest BCUT2D eigenvalue weighted by Gasteiger charge is -2.26. The monoisotopic (exact) mass is 461 g/mol. The van der Waals surface area contributed by atoms with Gasteiger partial charge in [-0.25, -0.2) is 13.4 Å². The van der Waals surface area contributed by atoms with Gasteiger partial charge in [0.25, 0.3) is 0 Å². The number of benzene rings is 1. The van der Waals surface area contributed by atoms with Gasteiger partial charge in [-0.3, -0.25) is 4.79 Å². The van der Waals surface area contributed by atoms with Gasteiger partial charge >= 0.3 is 0 Å². The molecule has 0 aliphatic carbocycles. The molecule has 30 heavy (non-hydrogen) atoms. The number of sulfonamides is 1. The fraction of sp³-hybridized carbons (Fsp3) is 0.333. The number of aromatic nitrogens is 1. The van der Waals surface area contributed by atoms with Crippen LogP contribution in [0.4, 0.5) is 0 Å². The molecule has 6 nitrogen and oxygen atoms in total. The van der Waals surface area contributed by atoms with Crippen LogP contribution in [0.25, 0.3) is 9.88 Å². The molecule has 1 aromatic carbocycles. The molecule has 3 heterocycles. The van der Waals surface area contributed by atoms with E-state index in [9.17, 15) is 13.2 Å². The van der Waals surface area contributed by atoms with Crippen molar-refractivity contribution in [3.63, 3.8) is 0 Å². The third-order valence-electron chi connectivity index (χ3n) is 4.97. The molecule has 2 aromatic heterocycles. The van der Waals surface area contributed by atoms with Crippen LogP contribution in [0.3, 0.4) is 0 Å². The van der Waals surface area contributed by atoms with Crippen molar-refractivity contribution in [2.45, 2.75) is 37.1 Å². The number of hydrogen-bond donors (Lipinski definition) is 1. The Morgan fingerprint density at radius 3 is 2.70 bits per heavy atom. The molecule has 1 amide bonds. The second-order valence-electron chi connectivity index (χ2n) is 7.19. The fourth-order valence-corrected chi connectivity index (χ4v) is 6.62. The van der Waals surface area contributed by atoms with Crippen LogP contribution in [0.5, 0.6) is 0 Å². The fourth-order valence-electron chi connectivity index (χ4n) is 3.40. The quantitative estimate of drug-likeness (QED) is 0.579. The number of piperidine rings is 1. The first-order valence-electron chi connectivity index (χ1n) is 9.86. The van der Waals surface area contributed by atoms with E-state index >= 15 is 0 Å². The lowest BCUT2D eigenvalue weighted by molar-refractivity contribution is -0.120. The van der Waals surface area contributed by atoms with Gasteiger partial charge in [0.05, 0.1) is 21.9 Å². The van der Waals surface area contributed by atoms with Crippen molar-refractivity contribution in [3.05, 3.63) is 58.4 Å². The summed E-state index contributed by atoms with van der Waals surface area (Å²) in [6.45, 7) is 1.43. The van der Waals surface area contributed by atoms with Crippen LogP contribution in [0.15, 0.2) is 52.1 Å². The molecular formula is C21H23N3O3S3. The summed E-state index contributed by atoms with van der Waals surface area (Å²) >= 11 is 3.15. The van der Waals surface area contributed by atoms with Crippen molar-refractivity contribution in [3.8, 4) is 9.88 Å². The van der Waals surface area contributed by atoms with Crippen LogP contribution in [0, 0.1) is 0 Å². The van der Waals surface area contributed by atoms with Gasteiger partial charge in [0, 0.05) is 25.0 Å². The van der Waals surface area contributed by atoms with Gasteiger partial charge in [-0.1, -0.05) is 24.6 Å². The van der Waals surface area contributed by atoms with Gasteiger partial charge in [0.15, 0.2) is 0 Å². The molecule has 0 atom stereocenters. The Hall–Kier alpha value is -2.07. The Morgan fingerprint density at radius 2 is 1.93 bits per heavy atom. The molecule has 1 aliphatic rings. The highest BCUT2D eigenvalue weighted by Crippen LogP contribution is 2.28. The highest BCUT2D eigenvalue weighted by atomic mass is 32.2. The Bertz CT molecular complexity index is 1100. The second kappa shape index (κ2) is 9.38. The number of thiazole rings is 1. The number of nitrogens with one attached hydrogen (secondary N) is 1. The third kappa shape index (κ3) is 4.97. The number of amides is 1.